The zero-order valence-electron chi connectivity index (χ0n) is 15.1. The minimum atomic E-state index is 0. The molecule has 0 aromatic carbocycles. The van der Waals surface area contributed by atoms with Crippen molar-refractivity contribution in [3.63, 3.8) is 0 Å². The normalized spacial score (nSPS) is 4.50. The van der Waals surface area contributed by atoms with Crippen LogP contribution in [-0.4, -0.2) is 40.6 Å². The van der Waals surface area contributed by atoms with Crippen LogP contribution in [0.1, 0.15) is 65.2 Å². The molecule has 4 nitrogen and oxygen atoms in total. The number of rotatable bonds is 0. The van der Waals surface area contributed by atoms with Crippen LogP contribution in [0.2, 0.25) is 0 Å². The molecule has 7 N–H and O–H groups in total. The smallest absolute Gasteiger partial charge is 0.446 e. The van der Waals surface area contributed by atoms with Gasteiger partial charge in [0, 0.05) is 20.5 Å². The van der Waals surface area contributed by atoms with E-state index in [9.17, 15) is 0 Å². The zero-order chi connectivity index (χ0) is 14.1. The van der Waals surface area contributed by atoms with Crippen LogP contribution in [0.3, 0.4) is 0 Å². The predicted molar refractivity (Wildman–Crippen MR) is 81.0 cm³/mol. The van der Waals surface area contributed by atoms with Crippen molar-refractivity contribution in [2.75, 3.05) is 19.8 Å². The lowest BCUT2D eigenvalue weighted by Gasteiger charge is -1.52. The fourth-order valence-electron chi connectivity index (χ4n) is 0. The summed E-state index contributed by atoms with van der Waals surface area (Å²) in [5.74, 6) is 0. The summed E-state index contributed by atoms with van der Waals surface area (Å²) in [4.78, 5) is 0. The van der Waals surface area contributed by atoms with Gasteiger partial charge in [0.1, 0.15) is 13.2 Å². The zero-order valence-corrected chi connectivity index (χ0v) is 13.1. The van der Waals surface area contributed by atoms with Crippen molar-refractivity contribution in [2.45, 2.75) is 62.3 Å². The molecule has 0 spiro atoms. The Bertz CT molecular complexity index is 26.8. The molecule has 0 aliphatic heterocycles. The number of aliphatic hydroxyl groups is 1. The van der Waals surface area contributed by atoms with Gasteiger partial charge >= 0.3 is 2.85 Å². The topological polar surface area (TPSA) is 97.5 Å². The Hall–Kier alpha value is -0.160. The van der Waals surface area contributed by atoms with Gasteiger partial charge in [0.2, 0.25) is 0 Å². The Kier molecular flexibility index (Phi) is 983. The first-order valence-corrected chi connectivity index (χ1v) is 6.14. The fraction of sp³-hybridized carbons (Fsp3) is 1.00. The Labute approximate surface area is 107 Å². The minimum absolute atomic E-state index is 0. The lowest BCUT2D eigenvalue weighted by Crippen LogP contribution is -1.57. The Morgan fingerprint density at radius 2 is 0.750 bits per heavy atom. The molecule has 0 heterocycles. The van der Waals surface area contributed by atoms with E-state index in [1.165, 1.54) is 0 Å². The van der Waals surface area contributed by atoms with Crippen molar-refractivity contribution in [1.29, 1.82) is 0 Å². The van der Waals surface area contributed by atoms with Crippen molar-refractivity contribution in [3.05, 3.63) is 0 Å². The highest BCUT2D eigenvalue weighted by Gasteiger charge is 1.40. The van der Waals surface area contributed by atoms with Crippen LogP contribution < -0.4 is 0 Å². The van der Waals surface area contributed by atoms with Crippen molar-refractivity contribution < 1.29 is 23.6 Å². The molecule has 0 atom stereocenters. The molecule has 0 aliphatic carbocycles. The van der Waals surface area contributed by atoms with Gasteiger partial charge in [0.05, 0.1) is 0 Å². The maximum atomic E-state index is 7.57. The molecule has 16 heavy (non-hydrogen) atoms. The molecule has 0 unspecified atom stereocenters. The third-order valence-electron chi connectivity index (χ3n) is 0. The largest absolute Gasteiger partial charge is 1.00 e. The number of hydrogen-bond acceptors (Lipinski definition) is 1. The SMILES string of the molecule is CC.CC.CC.CCO.CC[OH2+].CC[OH2+].O.[H+].[H+]. The second-order valence-electron chi connectivity index (χ2n) is 1.02. The summed E-state index contributed by atoms with van der Waals surface area (Å²) >= 11 is 0. The van der Waals surface area contributed by atoms with E-state index in [4.69, 9.17) is 15.3 Å². The fourth-order valence-corrected chi connectivity index (χ4v) is 0. The standard InChI is InChI=1S/3C2H6O.3C2H6.H2O/c3*1-2-3;3*1-2;/h3*3H,2H2,1H3;3*1-2H3;1H2/p+4. The third-order valence-corrected chi connectivity index (χ3v) is 0. The molecule has 0 fully saturated rings. The molecular weight excluding hydrogens is 208 g/mol. The van der Waals surface area contributed by atoms with Gasteiger partial charge in [-0.3, -0.25) is 0 Å². The van der Waals surface area contributed by atoms with E-state index in [2.05, 4.69) is 0 Å². The summed E-state index contributed by atoms with van der Waals surface area (Å²) in [6, 6.07) is 0. The highest BCUT2D eigenvalue weighted by Crippen LogP contribution is 1.30. The first kappa shape index (κ1) is 44.6. The van der Waals surface area contributed by atoms with Crippen LogP contribution in [0, 0.1) is 0 Å². The predicted octanol–water partition coefficient (Wildman–Crippen LogP) is 1.94. The first-order chi connectivity index (χ1) is 7.24. The van der Waals surface area contributed by atoms with Crippen LogP contribution in [0.25, 0.3) is 0 Å². The van der Waals surface area contributed by atoms with E-state index in [-0.39, 0.29) is 14.9 Å². The molecule has 0 saturated carbocycles. The molecule has 0 saturated heterocycles. The van der Waals surface area contributed by atoms with E-state index >= 15 is 0 Å². The minimum Gasteiger partial charge on any atom is -0.446 e. The van der Waals surface area contributed by atoms with Gasteiger partial charge in [-0.2, -0.15) is 0 Å². The van der Waals surface area contributed by atoms with E-state index in [0.29, 0.717) is 13.2 Å². The number of hydrogen-bond donors (Lipinski definition) is 1. The molecule has 0 aromatic rings. The molecule has 0 amide bonds. The Balaban J connectivity index is -0.00000000755. The monoisotopic (exact) mass is 250 g/mol. The summed E-state index contributed by atoms with van der Waals surface area (Å²) in [6.07, 6.45) is 0. The number of aliphatic hydroxyl groups excluding tert-OH is 1. The van der Waals surface area contributed by atoms with Gasteiger partial charge in [0.25, 0.3) is 0 Å². The lowest BCUT2D eigenvalue weighted by atomic mass is 10.9. The van der Waals surface area contributed by atoms with Gasteiger partial charge < -0.3 is 20.8 Å². The molecule has 0 rings (SSSR count). The summed E-state index contributed by atoms with van der Waals surface area (Å²) in [7, 11) is 0. The lowest BCUT2D eigenvalue weighted by molar-refractivity contribution is 0.318. The maximum absolute atomic E-state index is 7.57. The molecular formula is C12H42O4+4. The van der Waals surface area contributed by atoms with Gasteiger partial charge in [0.15, 0.2) is 0 Å². The average Bonchev–Trinajstić information content (AvgIpc) is 2.29. The maximum Gasteiger partial charge on any atom is 1.00 e. The summed E-state index contributed by atoms with van der Waals surface area (Å²) < 4.78 is 0. The Morgan fingerprint density at radius 1 is 0.750 bits per heavy atom. The third kappa shape index (κ3) is 89100. The molecule has 0 aliphatic rings. The van der Waals surface area contributed by atoms with Crippen LogP contribution in [-0.2, 0) is 0 Å². The van der Waals surface area contributed by atoms with Crippen LogP contribution >= 0.6 is 0 Å². The van der Waals surface area contributed by atoms with Crippen molar-refractivity contribution in [2.24, 2.45) is 0 Å². The second kappa shape index (κ2) is 352. The van der Waals surface area contributed by atoms with E-state index in [1.807, 2.05) is 41.5 Å². The second-order valence-corrected chi connectivity index (χ2v) is 1.02. The van der Waals surface area contributed by atoms with Crippen LogP contribution in [0.4, 0.5) is 0 Å². The quantitative estimate of drug-likeness (QED) is 0.653. The van der Waals surface area contributed by atoms with Crippen molar-refractivity contribution in [1.82, 2.24) is 0 Å². The van der Waals surface area contributed by atoms with Crippen molar-refractivity contribution in [3.8, 4) is 0 Å². The molecule has 0 bridgehead atoms. The van der Waals surface area contributed by atoms with Gasteiger partial charge in [-0.15, -0.1) is 0 Å². The van der Waals surface area contributed by atoms with E-state index < -0.39 is 0 Å². The van der Waals surface area contributed by atoms with Crippen molar-refractivity contribution >= 4 is 0 Å². The van der Waals surface area contributed by atoms with Crippen LogP contribution in [0.5, 0.6) is 0 Å². The summed E-state index contributed by atoms with van der Waals surface area (Å²) in [5, 5.41) is 20.0. The van der Waals surface area contributed by atoms with E-state index in [1.54, 1.807) is 20.8 Å². The molecule has 0 radical (unpaired) electrons. The highest BCUT2D eigenvalue weighted by atomic mass is 16.3. The summed E-state index contributed by atoms with van der Waals surface area (Å²) in [5.41, 5.74) is 0. The van der Waals surface area contributed by atoms with Gasteiger partial charge in [-0.1, -0.05) is 41.5 Å². The summed E-state index contributed by atoms with van der Waals surface area (Å²) in [6.45, 7) is 18.5. The average molecular weight is 250 g/mol. The van der Waals surface area contributed by atoms with E-state index in [0.717, 1.165) is 0 Å². The van der Waals surface area contributed by atoms with Crippen LogP contribution in [0.15, 0.2) is 0 Å². The molecule has 0 aromatic heterocycles. The first-order valence-electron chi connectivity index (χ1n) is 6.14. The Morgan fingerprint density at radius 3 is 0.750 bits per heavy atom. The van der Waals surface area contributed by atoms with Gasteiger partial charge in [-0.25, -0.2) is 0 Å². The molecule has 4 heteroatoms. The van der Waals surface area contributed by atoms with Gasteiger partial charge in [-0.05, 0) is 6.92 Å². The molecule has 110 valence electrons. The highest BCUT2D eigenvalue weighted by molar-refractivity contribution is 3.84.